The van der Waals surface area contributed by atoms with E-state index in [0.717, 1.165) is 23.9 Å². The molecule has 1 aliphatic rings. The Kier molecular flexibility index (Phi) is 3.57. The quantitative estimate of drug-likeness (QED) is 0.796. The van der Waals surface area contributed by atoms with Gasteiger partial charge in [-0.05, 0) is 50.4 Å². The molecule has 1 aliphatic carbocycles. The van der Waals surface area contributed by atoms with E-state index in [9.17, 15) is 0 Å². The molecule has 1 aromatic carbocycles. The number of rotatable bonds is 5. The van der Waals surface area contributed by atoms with Crippen molar-refractivity contribution < 1.29 is 4.74 Å². The maximum Gasteiger partial charge on any atom is 0.141 e. The summed E-state index contributed by atoms with van der Waals surface area (Å²) in [7, 11) is 3.83. The molecule has 17 heavy (non-hydrogen) atoms. The van der Waals surface area contributed by atoms with Crippen LogP contribution < -0.4 is 10.5 Å². The molecular weight excluding hydrogens is 212 g/mol. The van der Waals surface area contributed by atoms with Gasteiger partial charge in [0.15, 0.2) is 0 Å². The second kappa shape index (κ2) is 4.96. The van der Waals surface area contributed by atoms with E-state index < -0.39 is 0 Å². The van der Waals surface area contributed by atoms with Crippen molar-refractivity contribution in [2.24, 2.45) is 5.92 Å². The molecule has 94 valence electrons. The van der Waals surface area contributed by atoms with E-state index in [1.165, 1.54) is 18.4 Å². The van der Waals surface area contributed by atoms with Crippen LogP contribution in [-0.2, 0) is 6.54 Å². The van der Waals surface area contributed by atoms with Crippen LogP contribution in [-0.4, -0.2) is 25.1 Å². The molecule has 3 nitrogen and oxygen atoms in total. The number of hydrogen-bond donors (Lipinski definition) is 1. The lowest BCUT2D eigenvalue weighted by molar-refractivity contribution is 0.226. The van der Waals surface area contributed by atoms with Crippen molar-refractivity contribution in [1.82, 2.24) is 4.90 Å². The summed E-state index contributed by atoms with van der Waals surface area (Å²) >= 11 is 0. The number of methoxy groups -OCH3 is 1. The largest absolute Gasteiger partial charge is 0.495 e. The first-order valence-corrected chi connectivity index (χ1v) is 6.24. The highest BCUT2D eigenvalue weighted by molar-refractivity contribution is 5.54. The average Bonchev–Trinajstić information content (AvgIpc) is 3.12. The predicted octanol–water partition coefficient (Wildman–Crippen LogP) is 2.51. The number of nitrogen functional groups attached to an aromatic ring is 1. The van der Waals surface area contributed by atoms with Crippen LogP contribution in [0.1, 0.15) is 25.3 Å². The Morgan fingerprint density at radius 3 is 2.71 bits per heavy atom. The van der Waals surface area contributed by atoms with Crippen molar-refractivity contribution in [2.45, 2.75) is 32.4 Å². The average molecular weight is 234 g/mol. The SMILES string of the molecule is COc1ccc(CN(C)C(C)C2CC2)cc1N. The molecule has 1 saturated carbocycles. The van der Waals surface area contributed by atoms with Crippen molar-refractivity contribution in [3.05, 3.63) is 23.8 Å². The lowest BCUT2D eigenvalue weighted by Crippen LogP contribution is -2.30. The minimum absolute atomic E-state index is 0.665. The van der Waals surface area contributed by atoms with Gasteiger partial charge in [-0.15, -0.1) is 0 Å². The highest BCUT2D eigenvalue weighted by atomic mass is 16.5. The molecule has 1 unspecified atom stereocenters. The van der Waals surface area contributed by atoms with Gasteiger partial charge >= 0.3 is 0 Å². The first kappa shape index (κ1) is 12.2. The number of ether oxygens (including phenoxy) is 1. The lowest BCUT2D eigenvalue weighted by Gasteiger charge is -2.24. The molecule has 0 aliphatic heterocycles. The molecule has 1 fully saturated rings. The van der Waals surface area contributed by atoms with Gasteiger partial charge in [-0.3, -0.25) is 4.90 Å². The zero-order valence-electron chi connectivity index (χ0n) is 10.9. The minimum atomic E-state index is 0.665. The van der Waals surface area contributed by atoms with Gasteiger partial charge in [0, 0.05) is 12.6 Å². The molecule has 0 spiro atoms. The molecule has 2 N–H and O–H groups in total. The number of benzene rings is 1. The number of anilines is 1. The van der Waals surface area contributed by atoms with Crippen molar-refractivity contribution in [3.8, 4) is 5.75 Å². The van der Waals surface area contributed by atoms with E-state index >= 15 is 0 Å². The van der Waals surface area contributed by atoms with Crippen molar-refractivity contribution >= 4 is 5.69 Å². The summed E-state index contributed by atoms with van der Waals surface area (Å²) in [6.07, 6.45) is 2.77. The van der Waals surface area contributed by atoms with E-state index in [2.05, 4.69) is 24.9 Å². The van der Waals surface area contributed by atoms with Crippen LogP contribution in [0.4, 0.5) is 5.69 Å². The summed E-state index contributed by atoms with van der Waals surface area (Å²) in [6.45, 7) is 3.26. The fourth-order valence-corrected chi connectivity index (χ4v) is 2.25. The molecule has 1 aromatic rings. The summed E-state index contributed by atoms with van der Waals surface area (Å²) in [4.78, 5) is 2.40. The fraction of sp³-hybridized carbons (Fsp3) is 0.571. The summed E-state index contributed by atoms with van der Waals surface area (Å²) < 4.78 is 5.16. The molecule has 0 aromatic heterocycles. The fourth-order valence-electron chi connectivity index (χ4n) is 2.25. The number of hydrogen-bond acceptors (Lipinski definition) is 3. The Morgan fingerprint density at radius 2 is 2.18 bits per heavy atom. The molecule has 3 heteroatoms. The van der Waals surface area contributed by atoms with E-state index in [1.54, 1.807) is 7.11 Å². The molecular formula is C14H22N2O. The molecule has 1 atom stereocenters. The van der Waals surface area contributed by atoms with Gasteiger partial charge in [0.25, 0.3) is 0 Å². The van der Waals surface area contributed by atoms with Gasteiger partial charge in [-0.1, -0.05) is 6.07 Å². The van der Waals surface area contributed by atoms with Crippen LogP contribution >= 0.6 is 0 Å². The molecule has 0 saturated heterocycles. The Bertz CT molecular complexity index is 388. The van der Waals surface area contributed by atoms with Crippen molar-refractivity contribution in [2.75, 3.05) is 19.9 Å². The van der Waals surface area contributed by atoms with E-state index in [4.69, 9.17) is 10.5 Å². The van der Waals surface area contributed by atoms with Gasteiger partial charge in [0.05, 0.1) is 12.8 Å². The number of nitrogens with zero attached hydrogens (tertiary/aromatic N) is 1. The second-order valence-electron chi connectivity index (χ2n) is 5.07. The zero-order chi connectivity index (χ0) is 12.4. The van der Waals surface area contributed by atoms with Gasteiger partial charge in [-0.25, -0.2) is 0 Å². The Balaban J connectivity index is 2.00. The standard InChI is InChI=1S/C14H22N2O/c1-10(12-5-6-12)16(2)9-11-4-7-14(17-3)13(15)8-11/h4,7-8,10,12H,5-6,9,15H2,1-3H3. The molecule has 0 amide bonds. The molecule has 0 radical (unpaired) electrons. The van der Waals surface area contributed by atoms with Crippen LogP contribution in [0.25, 0.3) is 0 Å². The van der Waals surface area contributed by atoms with Gasteiger partial charge in [0.2, 0.25) is 0 Å². The van der Waals surface area contributed by atoms with E-state index in [0.29, 0.717) is 6.04 Å². The third kappa shape index (κ3) is 2.91. The van der Waals surface area contributed by atoms with Gasteiger partial charge in [0.1, 0.15) is 5.75 Å². The third-order valence-corrected chi connectivity index (χ3v) is 3.73. The van der Waals surface area contributed by atoms with Crippen LogP contribution in [0.2, 0.25) is 0 Å². The molecule has 0 bridgehead atoms. The Labute approximate surface area is 104 Å². The number of nitrogens with two attached hydrogens (primary N) is 1. The highest BCUT2D eigenvalue weighted by Gasteiger charge is 2.30. The molecule has 0 heterocycles. The summed E-state index contributed by atoms with van der Waals surface area (Å²) in [6, 6.07) is 6.71. The van der Waals surface area contributed by atoms with Crippen LogP contribution in [0, 0.1) is 5.92 Å². The normalized spacial score (nSPS) is 17.2. The second-order valence-corrected chi connectivity index (χ2v) is 5.07. The Morgan fingerprint density at radius 1 is 1.47 bits per heavy atom. The van der Waals surface area contributed by atoms with E-state index in [1.807, 2.05) is 12.1 Å². The van der Waals surface area contributed by atoms with Crippen LogP contribution in [0.15, 0.2) is 18.2 Å². The van der Waals surface area contributed by atoms with Crippen LogP contribution in [0.5, 0.6) is 5.75 Å². The monoisotopic (exact) mass is 234 g/mol. The maximum absolute atomic E-state index is 5.91. The third-order valence-electron chi connectivity index (χ3n) is 3.73. The van der Waals surface area contributed by atoms with Crippen molar-refractivity contribution in [3.63, 3.8) is 0 Å². The first-order chi connectivity index (χ1) is 8.11. The van der Waals surface area contributed by atoms with E-state index in [-0.39, 0.29) is 0 Å². The van der Waals surface area contributed by atoms with Crippen LogP contribution in [0.3, 0.4) is 0 Å². The maximum atomic E-state index is 5.91. The topological polar surface area (TPSA) is 38.5 Å². The van der Waals surface area contributed by atoms with Crippen molar-refractivity contribution in [1.29, 1.82) is 0 Å². The lowest BCUT2D eigenvalue weighted by atomic mass is 10.1. The van der Waals surface area contributed by atoms with Gasteiger partial charge in [-0.2, -0.15) is 0 Å². The molecule has 2 rings (SSSR count). The first-order valence-electron chi connectivity index (χ1n) is 6.24. The Hall–Kier alpha value is -1.22. The minimum Gasteiger partial charge on any atom is -0.495 e. The zero-order valence-corrected chi connectivity index (χ0v) is 10.9. The highest BCUT2D eigenvalue weighted by Crippen LogP contribution is 2.35. The summed E-state index contributed by atoms with van der Waals surface area (Å²) in [5, 5.41) is 0. The smallest absolute Gasteiger partial charge is 0.141 e. The van der Waals surface area contributed by atoms with Gasteiger partial charge < -0.3 is 10.5 Å². The predicted molar refractivity (Wildman–Crippen MR) is 71.1 cm³/mol. The summed E-state index contributed by atoms with van der Waals surface area (Å²) in [5.74, 6) is 1.65. The summed E-state index contributed by atoms with van der Waals surface area (Å²) in [5.41, 5.74) is 7.88.